The number of hydrogen-bond acceptors (Lipinski definition) is 2. The third-order valence-corrected chi connectivity index (χ3v) is 8.76. The summed E-state index contributed by atoms with van der Waals surface area (Å²) in [5.41, 5.74) is 0.561. The van der Waals surface area contributed by atoms with Gasteiger partial charge in [0.25, 0.3) is 0 Å². The number of aliphatic hydroxyl groups excluding tert-OH is 1. The highest BCUT2D eigenvalue weighted by Gasteiger charge is 2.60. The second kappa shape index (κ2) is 4.82. The lowest BCUT2D eigenvalue weighted by molar-refractivity contribution is -0.148. The molecule has 4 aliphatic carbocycles. The quantitative estimate of drug-likeness (QED) is 0.728. The fourth-order valence-corrected chi connectivity index (χ4v) is 7.38. The van der Waals surface area contributed by atoms with Gasteiger partial charge in [0.2, 0.25) is 0 Å². The largest absolute Gasteiger partial charge is 0.393 e. The summed E-state index contributed by atoms with van der Waals surface area (Å²) < 4.78 is 0. The molecule has 4 fully saturated rings. The highest BCUT2D eigenvalue weighted by Crippen LogP contribution is 2.66. The lowest BCUT2D eigenvalue weighted by Crippen LogP contribution is -2.55. The Balaban J connectivity index is 1.65. The van der Waals surface area contributed by atoms with E-state index in [2.05, 4.69) is 20.8 Å². The molecule has 22 heavy (non-hydrogen) atoms. The van der Waals surface area contributed by atoms with Gasteiger partial charge in [0, 0.05) is 12.3 Å². The van der Waals surface area contributed by atoms with Gasteiger partial charge in [0.15, 0.2) is 0 Å². The van der Waals surface area contributed by atoms with E-state index in [-0.39, 0.29) is 17.4 Å². The van der Waals surface area contributed by atoms with E-state index in [9.17, 15) is 9.90 Å². The first-order chi connectivity index (χ1) is 10.4. The zero-order valence-corrected chi connectivity index (χ0v) is 14.5. The van der Waals surface area contributed by atoms with E-state index >= 15 is 0 Å². The van der Waals surface area contributed by atoms with Crippen LogP contribution in [0.5, 0.6) is 0 Å². The number of Topliss-reactive ketones (excluding diaryl/α,β-unsaturated/α-hetero) is 1. The van der Waals surface area contributed by atoms with E-state index in [0.29, 0.717) is 17.1 Å². The van der Waals surface area contributed by atoms with Crippen LogP contribution in [0.25, 0.3) is 0 Å². The molecule has 8 atom stereocenters. The average molecular weight is 304 g/mol. The topological polar surface area (TPSA) is 37.3 Å². The molecule has 4 saturated carbocycles. The lowest BCUT2D eigenvalue weighted by atomic mass is 9.44. The number of fused-ring (bicyclic) bond motifs is 5. The summed E-state index contributed by atoms with van der Waals surface area (Å²) in [6.07, 6.45) is 9.16. The Morgan fingerprint density at radius 1 is 1.00 bits per heavy atom. The number of aliphatic hydroxyl groups is 1. The molecule has 1 N–H and O–H groups in total. The van der Waals surface area contributed by atoms with Gasteiger partial charge in [0.1, 0.15) is 5.78 Å². The van der Waals surface area contributed by atoms with E-state index in [1.165, 1.54) is 32.1 Å². The van der Waals surface area contributed by atoms with E-state index in [1.54, 1.807) is 0 Å². The van der Waals surface area contributed by atoms with E-state index in [1.807, 2.05) is 0 Å². The molecule has 0 spiro atoms. The minimum Gasteiger partial charge on any atom is -0.393 e. The van der Waals surface area contributed by atoms with E-state index < -0.39 is 0 Å². The molecule has 0 radical (unpaired) electrons. The molecule has 0 aromatic carbocycles. The summed E-state index contributed by atoms with van der Waals surface area (Å²) in [6.45, 7) is 7.01. The van der Waals surface area contributed by atoms with Crippen LogP contribution in [0.4, 0.5) is 0 Å². The van der Waals surface area contributed by atoms with Gasteiger partial charge in [-0.1, -0.05) is 20.8 Å². The maximum absolute atomic E-state index is 12.2. The van der Waals surface area contributed by atoms with Crippen molar-refractivity contribution < 1.29 is 9.90 Å². The predicted octanol–water partition coefficient (Wildman–Crippen LogP) is 4.21. The SMILES string of the molecule is C[C@@H]1C[C@@]2(C)[C@@H](CC[C@@H]3[C@@H]2CC[C@]2(C)C(O)CC[C@@H]32)CC1=O. The second-order valence-corrected chi connectivity index (χ2v) is 9.57. The fraction of sp³-hybridized carbons (Fsp3) is 0.950. The van der Waals surface area contributed by atoms with Crippen molar-refractivity contribution >= 4 is 5.78 Å². The number of rotatable bonds is 0. The molecule has 1 unspecified atom stereocenters. The van der Waals surface area contributed by atoms with Crippen LogP contribution >= 0.6 is 0 Å². The van der Waals surface area contributed by atoms with Crippen LogP contribution in [0.15, 0.2) is 0 Å². The van der Waals surface area contributed by atoms with Crippen molar-refractivity contribution in [1.29, 1.82) is 0 Å². The summed E-state index contributed by atoms with van der Waals surface area (Å²) in [4.78, 5) is 12.2. The van der Waals surface area contributed by atoms with Crippen LogP contribution in [0, 0.1) is 40.4 Å². The first-order valence-electron chi connectivity index (χ1n) is 9.57. The second-order valence-electron chi connectivity index (χ2n) is 9.57. The first-order valence-corrected chi connectivity index (χ1v) is 9.57. The number of carbonyl (C=O) groups excluding carboxylic acids is 1. The van der Waals surface area contributed by atoms with Crippen LogP contribution in [0.1, 0.15) is 72.1 Å². The smallest absolute Gasteiger partial charge is 0.136 e. The predicted molar refractivity (Wildman–Crippen MR) is 87.3 cm³/mol. The van der Waals surface area contributed by atoms with Gasteiger partial charge >= 0.3 is 0 Å². The molecule has 2 heteroatoms. The van der Waals surface area contributed by atoms with Crippen LogP contribution < -0.4 is 0 Å². The third kappa shape index (κ3) is 1.85. The summed E-state index contributed by atoms with van der Waals surface area (Å²) >= 11 is 0. The van der Waals surface area contributed by atoms with Crippen molar-refractivity contribution in [3.8, 4) is 0 Å². The molecule has 0 aromatic rings. The Kier molecular flexibility index (Phi) is 3.32. The zero-order valence-electron chi connectivity index (χ0n) is 14.5. The Hall–Kier alpha value is -0.370. The molecule has 0 aromatic heterocycles. The van der Waals surface area contributed by atoms with E-state index in [4.69, 9.17) is 0 Å². The van der Waals surface area contributed by atoms with Crippen molar-refractivity contribution in [3.05, 3.63) is 0 Å². The van der Waals surface area contributed by atoms with Crippen LogP contribution in [0.2, 0.25) is 0 Å². The summed E-state index contributed by atoms with van der Waals surface area (Å²) in [6, 6.07) is 0. The van der Waals surface area contributed by atoms with E-state index in [0.717, 1.165) is 37.0 Å². The first kappa shape index (κ1) is 15.2. The van der Waals surface area contributed by atoms with Gasteiger partial charge < -0.3 is 5.11 Å². The van der Waals surface area contributed by atoms with Crippen molar-refractivity contribution in [1.82, 2.24) is 0 Å². The molecule has 124 valence electrons. The van der Waals surface area contributed by atoms with Crippen molar-refractivity contribution in [3.63, 3.8) is 0 Å². The van der Waals surface area contributed by atoms with Gasteiger partial charge in [-0.2, -0.15) is 0 Å². The maximum atomic E-state index is 12.2. The molecule has 0 aliphatic heterocycles. The number of hydrogen-bond donors (Lipinski definition) is 1. The van der Waals surface area contributed by atoms with Crippen molar-refractivity contribution in [2.45, 2.75) is 78.2 Å². The minimum absolute atomic E-state index is 0.0733. The Morgan fingerprint density at radius 2 is 1.73 bits per heavy atom. The highest BCUT2D eigenvalue weighted by atomic mass is 16.3. The summed E-state index contributed by atoms with van der Waals surface area (Å²) in [5.74, 6) is 3.74. The van der Waals surface area contributed by atoms with Crippen molar-refractivity contribution in [2.24, 2.45) is 40.4 Å². The summed E-state index contributed by atoms with van der Waals surface area (Å²) in [5, 5.41) is 10.5. The zero-order chi connectivity index (χ0) is 15.7. The Labute approximate surface area is 135 Å². The minimum atomic E-state index is -0.0733. The van der Waals surface area contributed by atoms with Crippen LogP contribution in [0.3, 0.4) is 0 Å². The Morgan fingerprint density at radius 3 is 2.50 bits per heavy atom. The highest BCUT2D eigenvalue weighted by molar-refractivity contribution is 5.82. The normalized spacial score (nSPS) is 57.9. The van der Waals surface area contributed by atoms with Gasteiger partial charge in [-0.05, 0) is 79.4 Å². The molecular formula is C20H32O2. The van der Waals surface area contributed by atoms with Gasteiger partial charge in [-0.3, -0.25) is 4.79 Å². The lowest BCUT2D eigenvalue weighted by Gasteiger charge is -2.60. The standard InChI is InChI=1S/C20H32O2/c1-12-11-20(3)13(10-17(12)21)4-5-14-15-6-7-18(22)19(15,2)9-8-16(14)20/h12-16,18,22H,4-11H2,1-3H3/t12-,13+,14+,15+,16+,18?,19+,20+/m1/s1. The number of carbonyl (C=O) groups is 1. The van der Waals surface area contributed by atoms with Crippen molar-refractivity contribution in [2.75, 3.05) is 0 Å². The Bertz CT molecular complexity index is 486. The molecule has 2 nitrogen and oxygen atoms in total. The molecule has 4 aliphatic rings. The molecule has 0 saturated heterocycles. The summed E-state index contributed by atoms with van der Waals surface area (Å²) in [7, 11) is 0. The third-order valence-electron chi connectivity index (χ3n) is 8.76. The van der Waals surface area contributed by atoms with Crippen LogP contribution in [-0.2, 0) is 4.79 Å². The van der Waals surface area contributed by atoms with Gasteiger partial charge in [-0.25, -0.2) is 0 Å². The van der Waals surface area contributed by atoms with Gasteiger partial charge in [0.05, 0.1) is 6.10 Å². The molecule has 0 amide bonds. The number of ketones is 1. The monoisotopic (exact) mass is 304 g/mol. The maximum Gasteiger partial charge on any atom is 0.136 e. The fourth-order valence-electron chi connectivity index (χ4n) is 7.38. The molecular weight excluding hydrogens is 272 g/mol. The average Bonchev–Trinajstić information content (AvgIpc) is 2.77. The molecule has 0 heterocycles. The van der Waals surface area contributed by atoms with Gasteiger partial charge in [-0.15, -0.1) is 0 Å². The molecule has 4 rings (SSSR count). The molecule has 0 bridgehead atoms. The van der Waals surface area contributed by atoms with Crippen LogP contribution in [-0.4, -0.2) is 17.0 Å².